The van der Waals surface area contributed by atoms with Crippen LogP contribution in [0.2, 0.25) is 0 Å². The van der Waals surface area contributed by atoms with Crippen LogP contribution in [0.3, 0.4) is 0 Å². The summed E-state index contributed by atoms with van der Waals surface area (Å²) in [6.07, 6.45) is 0.128. The smallest absolute Gasteiger partial charge is 0.252 e. The molecule has 152 valence electrons. The van der Waals surface area contributed by atoms with E-state index < -0.39 is 9.84 Å². The van der Waals surface area contributed by atoms with Gasteiger partial charge in [0.25, 0.3) is 5.91 Å². The second-order valence-corrected chi connectivity index (χ2v) is 10.6. The van der Waals surface area contributed by atoms with E-state index in [0.29, 0.717) is 10.9 Å². The standard InChI is InChI=1S/C21H22N2O4S2/c1-14-7-3-5-9-16(14)23-17-12-29(25,26)13-19(17)28-21(23)22-20(24)11-15-8-4-6-10-18(15)27-2/h3-10,17,19H,11-13H2,1-2H3/t17-,19-/m0/s1. The van der Waals surface area contributed by atoms with Crippen LogP contribution < -0.4 is 9.64 Å². The van der Waals surface area contributed by atoms with Gasteiger partial charge in [-0.05, 0) is 24.6 Å². The summed E-state index contributed by atoms with van der Waals surface area (Å²) >= 11 is 1.39. The van der Waals surface area contributed by atoms with Crippen molar-refractivity contribution in [3.63, 3.8) is 0 Å². The van der Waals surface area contributed by atoms with Gasteiger partial charge >= 0.3 is 0 Å². The number of anilines is 1. The molecule has 0 N–H and O–H groups in total. The van der Waals surface area contributed by atoms with Crippen LogP contribution in [-0.2, 0) is 21.1 Å². The molecule has 4 rings (SSSR count). The van der Waals surface area contributed by atoms with E-state index in [0.717, 1.165) is 16.8 Å². The number of thioether (sulfide) groups is 1. The molecule has 2 saturated heterocycles. The summed E-state index contributed by atoms with van der Waals surface area (Å²) in [6.45, 7) is 1.98. The number of rotatable bonds is 4. The zero-order chi connectivity index (χ0) is 20.6. The molecule has 0 bridgehead atoms. The summed E-state index contributed by atoms with van der Waals surface area (Å²) in [5.41, 5.74) is 2.69. The predicted octanol–water partition coefficient (Wildman–Crippen LogP) is 2.85. The predicted molar refractivity (Wildman–Crippen MR) is 117 cm³/mol. The minimum atomic E-state index is -3.09. The van der Waals surface area contributed by atoms with E-state index >= 15 is 0 Å². The minimum absolute atomic E-state index is 0.0821. The number of sulfone groups is 1. The Morgan fingerprint density at radius 1 is 1.17 bits per heavy atom. The number of nitrogens with zero attached hydrogens (tertiary/aromatic N) is 2. The van der Waals surface area contributed by atoms with Gasteiger partial charge in [0.2, 0.25) is 0 Å². The van der Waals surface area contributed by atoms with Crippen LogP contribution in [0.5, 0.6) is 5.75 Å². The molecule has 2 aromatic carbocycles. The van der Waals surface area contributed by atoms with Gasteiger partial charge in [-0.25, -0.2) is 8.42 Å². The first-order valence-electron chi connectivity index (χ1n) is 9.33. The van der Waals surface area contributed by atoms with Gasteiger partial charge in [0.1, 0.15) is 5.75 Å². The molecule has 2 aromatic rings. The van der Waals surface area contributed by atoms with E-state index in [1.54, 1.807) is 7.11 Å². The van der Waals surface area contributed by atoms with E-state index in [4.69, 9.17) is 4.74 Å². The molecule has 2 heterocycles. The Morgan fingerprint density at radius 2 is 1.90 bits per heavy atom. The molecule has 0 radical (unpaired) electrons. The molecule has 0 aromatic heterocycles. The number of hydrogen-bond donors (Lipinski definition) is 0. The number of carbonyl (C=O) groups is 1. The number of carbonyl (C=O) groups excluding carboxylic acids is 1. The lowest BCUT2D eigenvalue weighted by Gasteiger charge is -2.26. The summed E-state index contributed by atoms with van der Waals surface area (Å²) in [5.74, 6) is 0.570. The number of benzene rings is 2. The summed E-state index contributed by atoms with van der Waals surface area (Å²) in [7, 11) is -1.51. The van der Waals surface area contributed by atoms with E-state index in [-0.39, 0.29) is 35.1 Å². The fraction of sp³-hybridized carbons (Fsp3) is 0.333. The van der Waals surface area contributed by atoms with E-state index in [9.17, 15) is 13.2 Å². The molecule has 2 atom stereocenters. The molecule has 0 aliphatic carbocycles. The Hall–Kier alpha value is -2.32. The maximum atomic E-state index is 12.7. The SMILES string of the molecule is COc1ccccc1CC(=O)N=C1S[C@H]2CS(=O)(=O)C[C@@H]2N1c1ccccc1C. The normalized spacial score (nSPS) is 23.9. The molecule has 0 unspecified atom stereocenters. The Morgan fingerprint density at radius 3 is 2.66 bits per heavy atom. The van der Waals surface area contributed by atoms with Gasteiger partial charge in [-0.3, -0.25) is 4.79 Å². The van der Waals surface area contributed by atoms with E-state index in [1.165, 1.54) is 11.8 Å². The number of aliphatic imine (C=N–C) groups is 1. The zero-order valence-corrected chi connectivity index (χ0v) is 17.9. The number of methoxy groups -OCH3 is 1. The summed E-state index contributed by atoms with van der Waals surface area (Å²) in [4.78, 5) is 19.1. The quantitative estimate of drug-likeness (QED) is 0.743. The topological polar surface area (TPSA) is 76.0 Å². The van der Waals surface area contributed by atoms with Gasteiger partial charge in [0.05, 0.1) is 31.1 Å². The van der Waals surface area contributed by atoms with Gasteiger partial charge in [0, 0.05) is 16.5 Å². The highest BCUT2D eigenvalue weighted by Crippen LogP contribution is 2.41. The lowest BCUT2D eigenvalue weighted by molar-refractivity contribution is -0.117. The van der Waals surface area contributed by atoms with Crippen LogP contribution in [0.1, 0.15) is 11.1 Å². The molecule has 2 aliphatic rings. The first-order chi connectivity index (χ1) is 13.9. The Balaban J connectivity index is 1.66. The molecular weight excluding hydrogens is 408 g/mol. The molecule has 0 saturated carbocycles. The number of amides is 1. The molecule has 8 heteroatoms. The number of ether oxygens (including phenoxy) is 1. The van der Waals surface area contributed by atoms with Crippen molar-refractivity contribution < 1.29 is 17.9 Å². The Labute approximate surface area is 174 Å². The number of para-hydroxylation sites is 2. The molecule has 0 spiro atoms. The van der Waals surface area contributed by atoms with Crippen LogP contribution in [0.4, 0.5) is 5.69 Å². The third-order valence-corrected chi connectivity index (χ3v) is 8.41. The molecule has 1 amide bonds. The third kappa shape index (κ3) is 4.04. The fourth-order valence-electron chi connectivity index (χ4n) is 3.84. The molecule has 2 aliphatic heterocycles. The third-order valence-electron chi connectivity index (χ3n) is 5.20. The Kier molecular flexibility index (Phi) is 5.40. The number of aryl methyl sites for hydroxylation is 1. The van der Waals surface area contributed by atoms with E-state index in [2.05, 4.69) is 4.99 Å². The summed E-state index contributed by atoms with van der Waals surface area (Å²) in [6, 6.07) is 14.9. The van der Waals surface area contributed by atoms with Crippen LogP contribution in [-0.4, -0.2) is 49.4 Å². The van der Waals surface area contributed by atoms with Crippen molar-refractivity contribution in [1.82, 2.24) is 0 Å². The number of fused-ring (bicyclic) bond motifs is 1. The second-order valence-electron chi connectivity index (χ2n) is 7.23. The lowest BCUT2D eigenvalue weighted by Crippen LogP contribution is -2.38. The van der Waals surface area contributed by atoms with Crippen molar-refractivity contribution in [3.8, 4) is 5.75 Å². The van der Waals surface area contributed by atoms with Crippen molar-refractivity contribution in [2.75, 3.05) is 23.5 Å². The largest absolute Gasteiger partial charge is 0.496 e. The highest BCUT2D eigenvalue weighted by molar-refractivity contribution is 8.16. The van der Waals surface area contributed by atoms with Crippen LogP contribution in [0.25, 0.3) is 0 Å². The highest BCUT2D eigenvalue weighted by atomic mass is 32.2. The average molecular weight is 431 g/mol. The molecule has 29 heavy (non-hydrogen) atoms. The second kappa shape index (κ2) is 7.84. The minimum Gasteiger partial charge on any atom is -0.496 e. The van der Waals surface area contributed by atoms with Crippen LogP contribution >= 0.6 is 11.8 Å². The zero-order valence-electron chi connectivity index (χ0n) is 16.2. The number of hydrogen-bond acceptors (Lipinski definition) is 5. The maximum absolute atomic E-state index is 12.7. The molecular formula is C21H22N2O4S2. The van der Waals surface area contributed by atoms with E-state index in [1.807, 2.05) is 60.4 Å². The van der Waals surface area contributed by atoms with Gasteiger partial charge in [-0.15, -0.1) is 0 Å². The van der Waals surface area contributed by atoms with Gasteiger partial charge in [-0.2, -0.15) is 4.99 Å². The van der Waals surface area contributed by atoms with Crippen molar-refractivity contribution in [2.45, 2.75) is 24.6 Å². The average Bonchev–Trinajstić information content (AvgIpc) is 3.13. The van der Waals surface area contributed by atoms with Crippen LogP contribution in [0.15, 0.2) is 53.5 Å². The maximum Gasteiger partial charge on any atom is 0.252 e. The van der Waals surface area contributed by atoms with Gasteiger partial charge in [0.15, 0.2) is 15.0 Å². The fourth-order valence-corrected chi connectivity index (χ4v) is 7.76. The Bertz CT molecular complexity index is 1080. The summed E-state index contributed by atoms with van der Waals surface area (Å²) in [5, 5.41) is 0.460. The first kappa shape index (κ1) is 20.0. The van der Waals surface area contributed by atoms with Gasteiger partial charge < -0.3 is 9.64 Å². The summed E-state index contributed by atoms with van der Waals surface area (Å²) < 4.78 is 29.7. The monoisotopic (exact) mass is 430 g/mol. The van der Waals surface area contributed by atoms with Crippen molar-refractivity contribution >= 4 is 38.4 Å². The van der Waals surface area contributed by atoms with Crippen molar-refractivity contribution in [3.05, 3.63) is 59.7 Å². The van der Waals surface area contributed by atoms with Crippen molar-refractivity contribution in [1.29, 1.82) is 0 Å². The molecule has 2 fully saturated rings. The van der Waals surface area contributed by atoms with Gasteiger partial charge in [-0.1, -0.05) is 48.2 Å². The first-order valence-corrected chi connectivity index (χ1v) is 12.0. The number of amidine groups is 1. The van der Waals surface area contributed by atoms with Crippen molar-refractivity contribution in [2.24, 2.45) is 4.99 Å². The molecule has 6 nitrogen and oxygen atoms in total. The van der Waals surface area contributed by atoms with Crippen LogP contribution in [0, 0.1) is 6.92 Å². The highest BCUT2D eigenvalue weighted by Gasteiger charge is 2.49. The lowest BCUT2D eigenvalue weighted by atomic mass is 10.1.